The van der Waals surface area contributed by atoms with E-state index in [1.54, 1.807) is 0 Å². The first-order valence-electron chi connectivity index (χ1n) is 6.60. The van der Waals surface area contributed by atoms with Gasteiger partial charge in [-0.05, 0) is 37.1 Å². The van der Waals surface area contributed by atoms with Crippen molar-refractivity contribution in [2.24, 2.45) is 7.05 Å². The molecule has 102 valence electrons. The van der Waals surface area contributed by atoms with E-state index >= 15 is 0 Å². The van der Waals surface area contributed by atoms with Crippen LogP contribution in [0.2, 0.25) is 5.02 Å². The normalized spacial score (nSPS) is 12.6. The summed E-state index contributed by atoms with van der Waals surface area (Å²) in [5, 5.41) is 8.65. The molecular weight excluding hydrogens is 258 g/mol. The van der Waals surface area contributed by atoms with Gasteiger partial charge in [-0.1, -0.05) is 30.7 Å². The number of aryl methyl sites for hydroxylation is 1. The van der Waals surface area contributed by atoms with Gasteiger partial charge in [-0.3, -0.25) is 4.68 Å². The van der Waals surface area contributed by atoms with Crippen LogP contribution in [0.25, 0.3) is 0 Å². The molecule has 2 aromatic rings. The van der Waals surface area contributed by atoms with Crippen molar-refractivity contribution < 1.29 is 0 Å². The van der Waals surface area contributed by atoms with Crippen LogP contribution in [-0.4, -0.2) is 16.3 Å². The average molecular weight is 278 g/mol. The Balaban J connectivity index is 2.39. The summed E-state index contributed by atoms with van der Waals surface area (Å²) >= 11 is 6.24. The highest BCUT2D eigenvalue weighted by Crippen LogP contribution is 2.28. The Kier molecular flexibility index (Phi) is 4.61. The fraction of sp³-hybridized carbons (Fsp3) is 0.400. The van der Waals surface area contributed by atoms with Crippen molar-refractivity contribution in [3.63, 3.8) is 0 Å². The highest BCUT2D eigenvalue weighted by atomic mass is 35.5. The third-order valence-electron chi connectivity index (χ3n) is 3.28. The van der Waals surface area contributed by atoms with Crippen molar-refractivity contribution >= 4 is 11.6 Å². The lowest BCUT2D eigenvalue weighted by Gasteiger charge is -2.20. The minimum absolute atomic E-state index is 0.146. The molecule has 0 aliphatic carbocycles. The van der Waals surface area contributed by atoms with E-state index in [1.165, 1.54) is 11.1 Å². The molecule has 0 radical (unpaired) electrons. The maximum absolute atomic E-state index is 6.24. The minimum atomic E-state index is 0.146. The lowest BCUT2D eigenvalue weighted by Crippen LogP contribution is -2.23. The molecule has 1 N–H and O–H groups in total. The second-order valence-electron chi connectivity index (χ2n) is 4.79. The molecule has 0 fully saturated rings. The number of halogens is 1. The molecule has 0 saturated heterocycles. The summed E-state index contributed by atoms with van der Waals surface area (Å²) in [5.41, 5.74) is 3.51. The molecule has 0 spiro atoms. The van der Waals surface area contributed by atoms with Gasteiger partial charge in [-0.25, -0.2) is 0 Å². The first-order valence-corrected chi connectivity index (χ1v) is 6.98. The predicted molar refractivity (Wildman–Crippen MR) is 79.5 cm³/mol. The molecule has 3 nitrogen and oxygen atoms in total. The Bertz CT molecular complexity index is 548. The van der Waals surface area contributed by atoms with Crippen LogP contribution < -0.4 is 5.32 Å². The summed E-state index contributed by atoms with van der Waals surface area (Å²) in [7, 11) is 1.94. The van der Waals surface area contributed by atoms with Gasteiger partial charge in [0, 0.05) is 23.8 Å². The lowest BCUT2D eigenvalue weighted by atomic mass is 9.97. The van der Waals surface area contributed by atoms with Crippen LogP contribution in [0.15, 0.2) is 30.6 Å². The third kappa shape index (κ3) is 3.17. The average Bonchev–Trinajstić information content (AvgIpc) is 2.81. The molecule has 0 aliphatic rings. The molecule has 19 heavy (non-hydrogen) atoms. The smallest absolute Gasteiger partial charge is 0.0611 e. The second-order valence-corrected chi connectivity index (χ2v) is 5.20. The SMILES string of the molecule is CCCNC(c1cnn(C)c1)c1cccc(Cl)c1C. The molecule has 1 unspecified atom stereocenters. The van der Waals surface area contributed by atoms with E-state index < -0.39 is 0 Å². The molecule has 0 bridgehead atoms. The zero-order valence-corrected chi connectivity index (χ0v) is 12.4. The van der Waals surface area contributed by atoms with Gasteiger partial charge in [0.1, 0.15) is 0 Å². The van der Waals surface area contributed by atoms with Crippen LogP contribution in [0, 0.1) is 6.92 Å². The van der Waals surface area contributed by atoms with Crippen LogP contribution in [0.1, 0.15) is 36.1 Å². The van der Waals surface area contributed by atoms with Crippen molar-refractivity contribution in [2.45, 2.75) is 26.3 Å². The van der Waals surface area contributed by atoms with Gasteiger partial charge in [0.05, 0.1) is 12.2 Å². The van der Waals surface area contributed by atoms with Crippen molar-refractivity contribution in [1.29, 1.82) is 0 Å². The Labute approximate surface area is 119 Å². The zero-order chi connectivity index (χ0) is 13.8. The van der Waals surface area contributed by atoms with Crippen LogP contribution in [0.5, 0.6) is 0 Å². The number of hydrogen-bond acceptors (Lipinski definition) is 2. The summed E-state index contributed by atoms with van der Waals surface area (Å²) in [5.74, 6) is 0. The highest BCUT2D eigenvalue weighted by molar-refractivity contribution is 6.31. The fourth-order valence-electron chi connectivity index (χ4n) is 2.22. The largest absolute Gasteiger partial charge is 0.306 e. The maximum atomic E-state index is 6.24. The molecular formula is C15H20ClN3. The van der Waals surface area contributed by atoms with Crippen molar-refractivity contribution in [3.8, 4) is 0 Å². The quantitative estimate of drug-likeness (QED) is 0.907. The first-order chi connectivity index (χ1) is 9.13. The highest BCUT2D eigenvalue weighted by Gasteiger charge is 2.17. The summed E-state index contributed by atoms with van der Waals surface area (Å²) in [4.78, 5) is 0. The number of hydrogen-bond donors (Lipinski definition) is 1. The van der Waals surface area contributed by atoms with Gasteiger partial charge >= 0.3 is 0 Å². The van der Waals surface area contributed by atoms with Crippen LogP contribution >= 0.6 is 11.6 Å². The molecule has 2 rings (SSSR count). The van der Waals surface area contributed by atoms with Crippen LogP contribution in [0.4, 0.5) is 0 Å². The van der Waals surface area contributed by atoms with Crippen molar-refractivity contribution in [2.75, 3.05) is 6.54 Å². The Morgan fingerprint density at radius 3 is 2.84 bits per heavy atom. The Morgan fingerprint density at radius 2 is 2.21 bits per heavy atom. The monoisotopic (exact) mass is 277 g/mol. The van der Waals surface area contributed by atoms with E-state index in [9.17, 15) is 0 Å². The van der Waals surface area contributed by atoms with E-state index in [-0.39, 0.29) is 6.04 Å². The lowest BCUT2D eigenvalue weighted by molar-refractivity contribution is 0.595. The van der Waals surface area contributed by atoms with E-state index in [4.69, 9.17) is 11.6 Å². The molecule has 1 aromatic carbocycles. The molecule has 0 aliphatic heterocycles. The number of rotatable bonds is 5. The Morgan fingerprint density at radius 1 is 1.42 bits per heavy atom. The van der Waals surface area contributed by atoms with Gasteiger partial charge < -0.3 is 5.32 Å². The molecule has 1 heterocycles. The predicted octanol–water partition coefficient (Wildman–Crippen LogP) is 3.47. The van der Waals surface area contributed by atoms with E-state index in [0.29, 0.717) is 0 Å². The number of nitrogens with one attached hydrogen (secondary N) is 1. The summed E-state index contributed by atoms with van der Waals surface area (Å²) in [6, 6.07) is 6.20. The van der Waals surface area contributed by atoms with Gasteiger partial charge in [0.2, 0.25) is 0 Å². The van der Waals surface area contributed by atoms with E-state index in [0.717, 1.165) is 23.6 Å². The van der Waals surface area contributed by atoms with Gasteiger partial charge in [-0.2, -0.15) is 5.10 Å². The molecule has 1 aromatic heterocycles. The van der Waals surface area contributed by atoms with E-state index in [2.05, 4.69) is 30.3 Å². The molecule has 0 amide bonds. The van der Waals surface area contributed by atoms with Gasteiger partial charge in [0.15, 0.2) is 0 Å². The van der Waals surface area contributed by atoms with Gasteiger partial charge in [0.25, 0.3) is 0 Å². The number of nitrogens with zero attached hydrogens (tertiary/aromatic N) is 2. The van der Waals surface area contributed by atoms with Crippen LogP contribution in [0.3, 0.4) is 0 Å². The first kappa shape index (κ1) is 14.1. The zero-order valence-electron chi connectivity index (χ0n) is 11.7. The van der Waals surface area contributed by atoms with Crippen molar-refractivity contribution in [3.05, 3.63) is 52.3 Å². The minimum Gasteiger partial charge on any atom is -0.306 e. The van der Waals surface area contributed by atoms with Gasteiger partial charge in [-0.15, -0.1) is 0 Å². The van der Waals surface area contributed by atoms with E-state index in [1.807, 2.05) is 36.3 Å². The van der Waals surface area contributed by atoms with Crippen LogP contribution in [-0.2, 0) is 7.05 Å². The molecule has 0 saturated carbocycles. The summed E-state index contributed by atoms with van der Waals surface area (Å²) in [6.07, 6.45) is 5.05. The maximum Gasteiger partial charge on any atom is 0.0611 e. The standard InChI is InChI=1S/C15H20ClN3/c1-4-8-17-15(12-9-18-19(3)10-12)13-6-5-7-14(16)11(13)2/h5-7,9-10,15,17H,4,8H2,1-3H3. The third-order valence-corrected chi connectivity index (χ3v) is 3.69. The fourth-order valence-corrected chi connectivity index (χ4v) is 2.40. The number of aromatic nitrogens is 2. The summed E-state index contributed by atoms with van der Waals surface area (Å²) in [6.45, 7) is 5.19. The topological polar surface area (TPSA) is 29.9 Å². The summed E-state index contributed by atoms with van der Waals surface area (Å²) < 4.78 is 1.83. The van der Waals surface area contributed by atoms with Crippen molar-refractivity contribution in [1.82, 2.24) is 15.1 Å². The molecule has 4 heteroatoms. The Hall–Kier alpha value is -1.32. The number of benzene rings is 1. The molecule has 1 atom stereocenters. The second kappa shape index (κ2) is 6.22.